The summed E-state index contributed by atoms with van der Waals surface area (Å²) in [5.41, 5.74) is 12.5. The minimum Gasteiger partial charge on any atom is -0.373 e. The number of carbonyl (C=O) groups is 2. The number of rotatable bonds is 7. The lowest BCUT2D eigenvalue weighted by atomic mass is 9.82. The summed E-state index contributed by atoms with van der Waals surface area (Å²) in [7, 11) is 0. The highest BCUT2D eigenvalue weighted by Gasteiger charge is 2.50. The first kappa shape index (κ1) is 30.1. The number of fused-ring (bicyclic) bond motifs is 2. The summed E-state index contributed by atoms with van der Waals surface area (Å²) >= 11 is 0. The van der Waals surface area contributed by atoms with Gasteiger partial charge in [0.1, 0.15) is 5.52 Å². The molecule has 0 radical (unpaired) electrons. The molecule has 10 heteroatoms. The molecular formula is C37H43N7O3. The van der Waals surface area contributed by atoms with Crippen molar-refractivity contribution < 1.29 is 14.3 Å². The maximum absolute atomic E-state index is 14.0. The van der Waals surface area contributed by atoms with Gasteiger partial charge < -0.3 is 25.3 Å². The van der Waals surface area contributed by atoms with Gasteiger partial charge in [-0.1, -0.05) is 18.2 Å². The quantitative estimate of drug-likeness (QED) is 0.262. The van der Waals surface area contributed by atoms with E-state index in [4.69, 9.17) is 20.4 Å². The highest BCUT2D eigenvalue weighted by Crippen LogP contribution is 2.48. The van der Waals surface area contributed by atoms with Crippen LogP contribution in [0.25, 0.3) is 22.3 Å². The van der Waals surface area contributed by atoms with Crippen molar-refractivity contribution in [2.24, 2.45) is 5.73 Å². The Labute approximate surface area is 275 Å². The molecule has 0 unspecified atom stereocenters. The van der Waals surface area contributed by atoms with Crippen LogP contribution in [0.1, 0.15) is 80.9 Å². The van der Waals surface area contributed by atoms with Crippen molar-refractivity contribution in [1.82, 2.24) is 19.4 Å². The second-order valence-electron chi connectivity index (χ2n) is 15.0. The number of nitrogens with two attached hydrogens (primary N) is 1. The van der Waals surface area contributed by atoms with Gasteiger partial charge in [0.05, 0.1) is 35.2 Å². The van der Waals surface area contributed by atoms with Gasteiger partial charge in [0.15, 0.2) is 5.82 Å². The summed E-state index contributed by atoms with van der Waals surface area (Å²) in [5, 5.41) is 3.49. The molecule has 0 bridgehead atoms. The number of aryl methyl sites for hydroxylation is 1. The van der Waals surface area contributed by atoms with Gasteiger partial charge in [-0.25, -0.2) is 9.97 Å². The standard InChI is InChI=1S/C37H43N7O3/c1-21-6-8-23(15-27(21)33(38)45)40-34-32-30(39-20-43(32)24-9-10-24)18-29(41-34)22-7-11-28-31(14-22)44(35(46)37(28,4)5)26-16-25(17-26)42-12-13-47-36(2,3)19-42/h6-8,11,14-15,18,20,24-26H,9-10,12-13,16-17,19H2,1-5H3,(H2,38,45)(H,40,41)/t25-,26+. The van der Waals surface area contributed by atoms with E-state index in [-0.39, 0.29) is 17.6 Å². The van der Waals surface area contributed by atoms with Gasteiger partial charge >= 0.3 is 0 Å². The minimum atomic E-state index is -0.601. The number of amides is 2. The van der Waals surface area contributed by atoms with Gasteiger partial charge in [-0.3, -0.25) is 14.5 Å². The van der Waals surface area contributed by atoms with Crippen LogP contribution >= 0.6 is 0 Å². The second-order valence-corrected chi connectivity index (χ2v) is 15.0. The Morgan fingerprint density at radius 3 is 2.53 bits per heavy atom. The van der Waals surface area contributed by atoms with Crippen LogP contribution in [-0.2, 0) is 14.9 Å². The van der Waals surface area contributed by atoms with Crippen LogP contribution in [0.3, 0.4) is 0 Å². The van der Waals surface area contributed by atoms with Crippen molar-refractivity contribution in [3.05, 3.63) is 65.5 Å². The van der Waals surface area contributed by atoms with Gasteiger partial charge in [0.25, 0.3) is 0 Å². The van der Waals surface area contributed by atoms with E-state index in [2.05, 4.69) is 51.7 Å². The van der Waals surface area contributed by atoms with E-state index in [9.17, 15) is 9.59 Å². The third kappa shape index (κ3) is 5.09. The van der Waals surface area contributed by atoms with Crippen LogP contribution in [0.5, 0.6) is 0 Å². The first-order valence-electron chi connectivity index (χ1n) is 16.8. The van der Waals surface area contributed by atoms with Crippen molar-refractivity contribution >= 4 is 40.0 Å². The van der Waals surface area contributed by atoms with E-state index in [0.717, 1.165) is 90.2 Å². The Hall–Kier alpha value is -4.28. The number of carbonyl (C=O) groups excluding carboxylic acids is 2. The molecule has 8 rings (SSSR count). The Balaban J connectivity index is 1.15. The third-order valence-electron chi connectivity index (χ3n) is 10.7. The number of hydrogen-bond donors (Lipinski definition) is 2. The van der Waals surface area contributed by atoms with Crippen molar-refractivity contribution in [3.63, 3.8) is 0 Å². The molecule has 2 aromatic heterocycles. The lowest BCUT2D eigenvalue weighted by Gasteiger charge is -2.50. The number of nitrogens with one attached hydrogen (secondary N) is 1. The van der Waals surface area contributed by atoms with Crippen LogP contribution in [0.4, 0.5) is 17.2 Å². The zero-order valence-electron chi connectivity index (χ0n) is 27.8. The molecule has 2 aromatic carbocycles. The number of ether oxygens (including phenoxy) is 1. The number of pyridine rings is 1. The molecule has 4 aromatic rings. The predicted molar refractivity (Wildman–Crippen MR) is 183 cm³/mol. The highest BCUT2D eigenvalue weighted by molar-refractivity contribution is 6.09. The molecule has 10 nitrogen and oxygen atoms in total. The first-order valence-corrected chi connectivity index (χ1v) is 16.8. The molecule has 3 N–H and O–H groups in total. The fraction of sp³-hybridized carbons (Fsp3) is 0.459. The SMILES string of the molecule is Cc1ccc(Nc2nc(-c3ccc4c(c3)N([C@H]3C[C@@H](N5CCOC(C)(C)C5)C3)C(=O)C4(C)C)cc3ncn(C4CC4)c23)cc1C(N)=O. The lowest BCUT2D eigenvalue weighted by Crippen LogP contribution is -2.60. The normalized spacial score (nSPS) is 23.5. The summed E-state index contributed by atoms with van der Waals surface area (Å²) in [6.07, 6.45) is 6.04. The lowest BCUT2D eigenvalue weighted by molar-refractivity contribution is -0.124. The molecule has 4 heterocycles. The molecule has 2 amide bonds. The number of hydrogen-bond acceptors (Lipinski definition) is 7. The van der Waals surface area contributed by atoms with Gasteiger partial charge in [-0.05, 0) is 95.7 Å². The molecular weight excluding hydrogens is 590 g/mol. The molecule has 4 aliphatic rings. The van der Waals surface area contributed by atoms with Gasteiger partial charge in [0.2, 0.25) is 11.8 Å². The number of aromatic nitrogens is 3. The molecule has 244 valence electrons. The number of benzene rings is 2. The number of anilines is 3. The molecule has 0 spiro atoms. The van der Waals surface area contributed by atoms with Crippen molar-refractivity contribution in [2.45, 2.75) is 89.4 Å². The Kier molecular flexibility index (Phi) is 6.79. The Morgan fingerprint density at radius 1 is 1.02 bits per heavy atom. The molecule has 1 saturated heterocycles. The smallest absolute Gasteiger partial charge is 0.249 e. The van der Waals surface area contributed by atoms with E-state index >= 15 is 0 Å². The summed E-state index contributed by atoms with van der Waals surface area (Å²) < 4.78 is 8.15. The summed E-state index contributed by atoms with van der Waals surface area (Å²) in [6, 6.07) is 15.0. The second kappa shape index (κ2) is 10.6. The van der Waals surface area contributed by atoms with E-state index in [1.54, 1.807) is 6.07 Å². The van der Waals surface area contributed by atoms with Crippen LogP contribution < -0.4 is 16.0 Å². The van der Waals surface area contributed by atoms with E-state index in [0.29, 0.717) is 23.5 Å². The number of morpholine rings is 1. The zero-order valence-corrected chi connectivity index (χ0v) is 27.8. The van der Waals surface area contributed by atoms with E-state index < -0.39 is 11.3 Å². The summed E-state index contributed by atoms with van der Waals surface area (Å²) in [4.78, 5) is 40.7. The molecule has 2 aliphatic heterocycles. The number of nitrogens with zero attached hydrogens (tertiary/aromatic N) is 5. The monoisotopic (exact) mass is 633 g/mol. The van der Waals surface area contributed by atoms with Gasteiger partial charge in [0, 0.05) is 53.7 Å². The van der Waals surface area contributed by atoms with E-state index in [1.807, 2.05) is 45.3 Å². The summed E-state index contributed by atoms with van der Waals surface area (Å²) in [6.45, 7) is 12.9. The van der Waals surface area contributed by atoms with E-state index in [1.165, 1.54) is 0 Å². The van der Waals surface area contributed by atoms with Crippen molar-refractivity contribution in [1.29, 1.82) is 0 Å². The highest BCUT2D eigenvalue weighted by atomic mass is 16.5. The fourth-order valence-electron chi connectivity index (χ4n) is 7.77. The van der Waals surface area contributed by atoms with Gasteiger partial charge in [-0.2, -0.15) is 0 Å². The van der Waals surface area contributed by atoms with Crippen LogP contribution in [-0.4, -0.2) is 68.6 Å². The Morgan fingerprint density at radius 2 is 1.81 bits per heavy atom. The topological polar surface area (TPSA) is 119 Å². The minimum absolute atomic E-state index is 0.143. The molecule has 2 aliphatic carbocycles. The third-order valence-corrected chi connectivity index (χ3v) is 10.7. The Bertz CT molecular complexity index is 1940. The van der Waals surface area contributed by atoms with Crippen LogP contribution in [0.15, 0.2) is 48.8 Å². The van der Waals surface area contributed by atoms with Crippen LogP contribution in [0, 0.1) is 6.92 Å². The summed E-state index contributed by atoms with van der Waals surface area (Å²) in [5.74, 6) is 0.368. The molecule has 0 atom stereocenters. The van der Waals surface area contributed by atoms with Crippen LogP contribution in [0.2, 0.25) is 0 Å². The largest absolute Gasteiger partial charge is 0.373 e. The predicted octanol–water partition coefficient (Wildman–Crippen LogP) is 5.85. The van der Waals surface area contributed by atoms with Crippen molar-refractivity contribution in [3.8, 4) is 11.3 Å². The maximum Gasteiger partial charge on any atom is 0.249 e. The molecule has 3 fully saturated rings. The maximum atomic E-state index is 14.0. The fourth-order valence-corrected chi connectivity index (χ4v) is 7.77. The van der Waals surface area contributed by atoms with Crippen molar-refractivity contribution in [2.75, 3.05) is 29.9 Å². The van der Waals surface area contributed by atoms with Gasteiger partial charge in [-0.15, -0.1) is 0 Å². The molecule has 2 saturated carbocycles. The average molecular weight is 634 g/mol. The first-order chi connectivity index (χ1) is 22.4. The average Bonchev–Trinajstić information content (AvgIpc) is 3.72. The zero-order chi connectivity index (χ0) is 32.8. The molecule has 47 heavy (non-hydrogen) atoms. The number of primary amides is 1. The number of imidazole rings is 1.